The third-order valence-electron chi connectivity index (χ3n) is 7.23. The monoisotopic (exact) mass is 602 g/mol. The zero-order chi connectivity index (χ0) is 31.5. The lowest BCUT2D eigenvalue weighted by atomic mass is 9.96. The smallest absolute Gasteiger partial charge is 0.408 e. The molecule has 0 spiro atoms. The molecule has 44 heavy (non-hydrogen) atoms. The second-order valence-electron chi connectivity index (χ2n) is 11.8. The van der Waals surface area contributed by atoms with E-state index < -0.39 is 41.8 Å². The lowest BCUT2D eigenvalue weighted by molar-refractivity contribution is -0.160. The molecule has 1 N–H and O–H groups in total. The highest BCUT2D eigenvalue weighted by Crippen LogP contribution is 2.28. The van der Waals surface area contributed by atoms with Gasteiger partial charge in [-0.1, -0.05) is 72.8 Å². The van der Waals surface area contributed by atoms with Crippen molar-refractivity contribution in [2.45, 2.75) is 77.0 Å². The van der Waals surface area contributed by atoms with E-state index in [9.17, 15) is 14.4 Å². The van der Waals surface area contributed by atoms with Crippen LogP contribution in [0.3, 0.4) is 0 Å². The molecule has 0 aliphatic carbocycles. The predicted octanol–water partition coefficient (Wildman–Crippen LogP) is 5.97. The van der Waals surface area contributed by atoms with Crippen LogP contribution in [-0.4, -0.2) is 54.2 Å². The zero-order valence-corrected chi connectivity index (χ0v) is 25.9. The Balaban J connectivity index is 1.54. The van der Waals surface area contributed by atoms with Crippen molar-refractivity contribution in [3.05, 3.63) is 102 Å². The molecular formula is C35H42N2O7. The Morgan fingerprint density at radius 3 is 2.07 bits per heavy atom. The van der Waals surface area contributed by atoms with Crippen molar-refractivity contribution in [2.75, 3.05) is 13.7 Å². The molecule has 1 saturated heterocycles. The van der Waals surface area contributed by atoms with Crippen molar-refractivity contribution in [1.82, 2.24) is 10.2 Å². The van der Waals surface area contributed by atoms with E-state index in [1.165, 1.54) is 12.0 Å². The minimum Gasteiger partial charge on any atom is -0.489 e. The van der Waals surface area contributed by atoms with Gasteiger partial charge in [0.1, 0.15) is 42.8 Å². The maximum atomic E-state index is 14.2. The van der Waals surface area contributed by atoms with Crippen molar-refractivity contribution >= 4 is 18.0 Å². The van der Waals surface area contributed by atoms with Gasteiger partial charge in [-0.3, -0.25) is 4.79 Å². The summed E-state index contributed by atoms with van der Waals surface area (Å²) in [6.07, 6.45) is 0.321. The predicted molar refractivity (Wildman–Crippen MR) is 166 cm³/mol. The normalized spacial score (nSPS) is 16.4. The first kappa shape index (κ1) is 32.5. The summed E-state index contributed by atoms with van der Waals surface area (Å²) in [6, 6.07) is 24.5. The van der Waals surface area contributed by atoms with Gasteiger partial charge < -0.3 is 29.2 Å². The Kier molecular flexibility index (Phi) is 11.4. The summed E-state index contributed by atoms with van der Waals surface area (Å²) in [4.78, 5) is 42.0. The molecule has 1 aliphatic rings. The maximum absolute atomic E-state index is 14.2. The molecule has 3 atom stereocenters. The van der Waals surface area contributed by atoms with Gasteiger partial charge >= 0.3 is 12.1 Å². The Morgan fingerprint density at radius 2 is 1.48 bits per heavy atom. The molecule has 4 rings (SSSR count). The summed E-state index contributed by atoms with van der Waals surface area (Å²) >= 11 is 0. The van der Waals surface area contributed by atoms with Crippen LogP contribution in [0.1, 0.15) is 62.8 Å². The number of likely N-dealkylation sites (tertiary alicyclic amines) is 1. The molecule has 1 heterocycles. The molecule has 234 valence electrons. The number of amides is 2. The fourth-order valence-corrected chi connectivity index (χ4v) is 5.10. The number of rotatable bonds is 11. The van der Waals surface area contributed by atoms with Gasteiger partial charge in [-0.2, -0.15) is 0 Å². The van der Waals surface area contributed by atoms with E-state index in [0.29, 0.717) is 30.9 Å². The number of alkyl carbamates (subject to hydrolysis) is 1. The van der Waals surface area contributed by atoms with Crippen LogP contribution in [0.2, 0.25) is 0 Å². The third kappa shape index (κ3) is 9.31. The Hall–Kier alpha value is -4.37. The minimum atomic E-state index is -1.17. The van der Waals surface area contributed by atoms with E-state index in [-0.39, 0.29) is 6.61 Å². The van der Waals surface area contributed by atoms with Gasteiger partial charge in [0.15, 0.2) is 0 Å². The van der Waals surface area contributed by atoms with E-state index >= 15 is 0 Å². The number of methoxy groups -OCH3 is 1. The van der Waals surface area contributed by atoms with E-state index in [1.807, 2.05) is 60.7 Å². The summed E-state index contributed by atoms with van der Waals surface area (Å²) in [5, 5.41) is 2.74. The standard InChI is InChI=1S/C35H42N2O7/c1-35(2,3)44-34(40)36-30(31(41-4)27-18-20-28(21-19-27)42-23-25-13-7-5-8-14-25)32(38)37-22-12-11-17-29(37)33(39)43-24-26-15-9-6-10-16-26/h5-10,13-16,18-21,29-31H,11-12,17,22-24H2,1-4H3,(H,36,40)/t29-,30+,31-/m0/s1. The molecule has 9 nitrogen and oxygen atoms in total. The molecular weight excluding hydrogens is 560 g/mol. The molecule has 0 unspecified atom stereocenters. The molecule has 3 aromatic carbocycles. The van der Waals surface area contributed by atoms with Crippen molar-refractivity contribution < 1.29 is 33.3 Å². The Labute approximate surface area is 259 Å². The lowest BCUT2D eigenvalue weighted by Gasteiger charge is -2.38. The molecule has 0 saturated carbocycles. The average molecular weight is 603 g/mol. The van der Waals surface area contributed by atoms with Crippen LogP contribution in [0.5, 0.6) is 5.75 Å². The van der Waals surface area contributed by atoms with E-state index in [0.717, 1.165) is 24.0 Å². The Bertz CT molecular complexity index is 1360. The van der Waals surface area contributed by atoms with E-state index in [1.54, 1.807) is 45.0 Å². The molecule has 0 bridgehead atoms. The van der Waals surface area contributed by atoms with Crippen LogP contribution in [0.4, 0.5) is 4.79 Å². The van der Waals surface area contributed by atoms with Crippen LogP contribution in [-0.2, 0) is 37.0 Å². The van der Waals surface area contributed by atoms with E-state index in [4.69, 9.17) is 18.9 Å². The number of hydrogen-bond acceptors (Lipinski definition) is 7. The topological polar surface area (TPSA) is 103 Å². The van der Waals surface area contributed by atoms with Gasteiger partial charge in [0.05, 0.1) is 0 Å². The number of nitrogens with one attached hydrogen (secondary N) is 1. The van der Waals surface area contributed by atoms with Crippen LogP contribution < -0.4 is 10.1 Å². The Morgan fingerprint density at radius 1 is 0.864 bits per heavy atom. The number of carbonyl (C=O) groups is 3. The number of nitrogens with zero attached hydrogens (tertiary/aromatic N) is 1. The van der Waals surface area contributed by atoms with Crippen molar-refractivity contribution in [2.24, 2.45) is 0 Å². The number of piperidine rings is 1. The molecule has 2 amide bonds. The van der Waals surface area contributed by atoms with Gasteiger partial charge in [-0.25, -0.2) is 9.59 Å². The van der Waals surface area contributed by atoms with Gasteiger partial charge in [-0.15, -0.1) is 0 Å². The first-order valence-corrected chi connectivity index (χ1v) is 14.9. The second kappa shape index (κ2) is 15.4. The quantitative estimate of drug-likeness (QED) is 0.270. The van der Waals surface area contributed by atoms with Crippen LogP contribution in [0.15, 0.2) is 84.9 Å². The molecule has 1 aliphatic heterocycles. The largest absolute Gasteiger partial charge is 0.489 e. The summed E-state index contributed by atoms with van der Waals surface area (Å²) in [6.45, 7) is 6.10. The summed E-state index contributed by atoms with van der Waals surface area (Å²) < 4.78 is 22.9. The molecule has 1 fully saturated rings. The van der Waals surface area contributed by atoms with Crippen LogP contribution in [0.25, 0.3) is 0 Å². The first-order valence-electron chi connectivity index (χ1n) is 14.9. The summed E-state index contributed by atoms with van der Waals surface area (Å²) in [7, 11) is 1.48. The van der Waals surface area contributed by atoms with Gasteiger partial charge in [0, 0.05) is 13.7 Å². The number of ether oxygens (including phenoxy) is 4. The number of hydrogen-bond donors (Lipinski definition) is 1. The zero-order valence-electron chi connectivity index (χ0n) is 25.9. The highest BCUT2D eigenvalue weighted by Gasteiger charge is 2.41. The van der Waals surface area contributed by atoms with Gasteiger partial charge in [-0.05, 0) is 68.9 Å². The van der Waals surface area contributed by atoms with Gasteiger partial charge in [0.2, 0.25) is 5.91 Å². The molecule has 0 radical (unpaired) electrons. The number of esters is 1. The highest BCUT2D eigenvalue weighted by atomic mass is 16.6. The number of carbonyl (C=O) groups excluding carboxylic acids is 3. The number of benzene rings is 3. The molecule has 0 aromatic heterocycles. The first-order chi connectivity index (χ1) is 21.1. The van der Waals surface area contributed by atoms with E-state index in [2.05, 4.69) is 5.32 Å². The van der Waals surface area contributed by atoms with Crippen LogP contribution in [0, 0.1) is 0 Å². The highest BCUT2D eigenvalue weighted by molar-refractivity contribution is 5.90. The van der Waals surface area contributed by atoms with Crippen LogP contribution >= 0.6 is 0 Å². The minimum absolute atomic E-state index is 0.108. The summed E-state index contributed by atoms with van der Waals surface area (Å²) in [5.74, 6) is -0.284. The third-order valence-corrected chi connectivity index (χ3v) is 7.23. The fourth-order valence-electron chi connectivity index (χ4n) is 5.10. The van der Waals surface area contributed by atoms with Gasteiger partial charge in [0.25, 0.3) is 0 Å². The SMILES string of the molecule is CO[C@@H](c1ccc(OCc2ccccc2)cc1)[C@@H](NC(=O)OC(C)(C)C)C(=O)N1CCCC[C@H]1C(=O)OCc1ccccc1. The second-order valence-corrected chi connectivity index (χ2v) is 11.8. The van der Waals surface area contributed by atoms with Crippen molar-refractivity contribution in [1.29, 1.82) is 0 Å². The fraction of sp³-hybridized carbons (Fsp3) is 0.400. The van der Waals surface area contributed by atoms with Crippen molar-refractivity contribution in [3.8, 4) is 5.75 Å². The maximum Gasteiger partial charge on any atom is 0.408 e. The molecule has 9 heteroatoms. The van der Waals surface area contributed by atoms with Crippen molar-refractivity contribution in [3.63, 3.8) is 0 Å². The molecule has 3 aromatic rings. The average Bonchev–Trinajstić information content (AvgIpc) is 3.03. The lowest BCUT2D eigenvalue weighted by Crippen LogP contribution is -2.58. The summed E-state index contributed by atoms with van der Waals surface area (Å²) in [5.41, 5.74) is 1.76.